The molecule has 0 aliphatic rings. The van der Waals surface area contributed by atoms with E-state index in [0.717, 1.165) is 30.3 Å². The van der Waals surface area contributed by atoms with Crippen molar-refractivity contribution >= 4 is 40.8 Å². The van der Waals surface area contributed by atoms with Gasteiger partial charge in [0.25, 0.3) is 11.5 Å². The molecule has 55 heavy (non-hydrogen) atoms. The summed E-state index contributed by atoms with van der Waals surface area (Å²) in [5.41, 5.74) is 1.53. The number of rotatable bonds is 9. The third kappa shape index (κ3) is 9.24. The van der Waals surface area contributed by atoms with Gasteiger partial charge in [0.2, 0.25) is 17.6 Å². The Bertz CT molecular complexity index is 2330. The molecule has 0 aliphatic carbocycles. The highest BCUT2D eigenvalue weighted by Crippen LogP contribution is 2.33. The molecule has 288 valence electrons. The van der Waals surface area contributed by atoms with Gasteiger partial charge in [0, 0.05) is 35.8 Å². The molecule has 4 N–H and O–H groups in total. The molecule has 0 saturated heterocycles. The number of nitrogens with one attached hydrogen (secondary N) is 3. The number of amides is 3. The zero-order chi connectivity index (χ0) is 40.8. The molecule has 0 aliphatic heterocycles. The summed E-state index contributed by atoms with van der Waals surface area (Å²) in [6.07, 6.45) is -6.85. The minimum absolute atomic E-state index is 0.121. The van der Waals surface area contributed by atoms with Crippen molar-refractivity contribution in [2.75, 3.05) is 17.7 Å². The number of hydrogen-bond acceptors (Lipinski definition) is 7. The number of aliphatic carboxylic acids is 1. The highest BCUT2D eigenvalue weighted by atomic mass is 19.4. The smallest absolute Gasteiger partial charge is 0.475 e. The number of benzene rings is 2. The summed E-state index contributed by atoms with van der Waals surface area (Å²) in [4.78, 5) is 70.3. The lowest BCUT2D eigenvalue weighted by Gasteiger charge is -2.19. The van der Waals surface area contributed by atoms with Crippen LogP contribution in [0.4, 0.5) is 37.7 Å². The minimum atomic E-state index is -5.08. The number of anilines is 2. The molecule has 0 bridgehead atoms. The number of alkyl halides is 6. The molecule has 5 rings (SSSR count). The highest BCUT2D eigenvalue weighted by molar-refractivity contribution is 6.02. The number of nitrogens with zero attached hydrogens (tertiary/aromatic N) is 4. The van der Waals surface area contributed by atoms with E-state index in [1.54, 1.807) is 48.7 Å². The first-order valence-electron chi connectivity index (χ1n) is 16.0. The van der Waals surface area contributed by atoms with Crippen LogP contribution in [0.3, 0.4) is 0 Å². The lowest BCUT2D eigenvalue weighted by atomic mass is 10.0. The van der Waals surface area contributed by atoms with Crippen LogP contribution in [0, 0.1) is 6.92 Å². The summed E-state index contributed by atoms with van der Waals surface area (Å²) in [6, 6.07) is 13.9. The van der Waals surface area contributed by atoms with Crippen LogP contribution in [0.5, 0.6) is 0 Å². The molecular formula is C36H31F6N7O6. The van der Waals surface area contributed by atoms with Gasteiger partial charge in [0.15, 0.2) is 0 Å². The molecule has 0 saturated carbocycles. The van der Waals surface area contributed by atoms with Gasteiger partial charge in [-0.15, -0.1) is 0 Å². The molecule has 19 heteroatoms. The number of carbonyl (C=O) groups excluding carboxylic acids is 3. The Balaban J connectivity index is 0.000000876. The van der Waals surface area contributed by atoms with Crippen LogP contribution in [0.15, 0.2) is 84.3 Å². The Kier molecular flexibility index (Phi) is 12.3. The molecule has 3 amide bonds. The molecule has 13 nitrogen and oxygen atoms in total. The van der Waals surface area contributed by atoms with Crippen molar-refractivity contribution in [3.05, 3.63) is 113 Å². The van der Waals surface area contributed by atoms with E-state index in [2.05, 4.69) is 27.5 Å². The van der Waals surface area contributed by atoms with Crippen molar-refractivity contribution in [3.63, 3.8) is 0 Å². The van der Waals surface area contributed by atoms with Crippen LogP contribution in [-0.2, 0) is 33.5 Å². The van der Waals surface area contributed by atoms with E-state index in [-0.39, 0.29) is 35.7 Å². The lowest BCUT2D eigenvalue weighted by Crippen LogP contribution is -2.29. The van der Waals surface area contributed by atoms with Crippen LogP contribution in [0.2, 0.25) is 0 Å². The van der Waals surface area contributed by atoms with Gasteiger partial charge in [-0.25, -0.2) is 14.2 Å². The number of fused-ring (bicyclic) bond motifs is 1. The summed E-state index contributed by atoms with van der Waals surface area (Å²) in [5, 5.41) is 15.0. The quantitative estimate of drug-likeness (QED) is 0.106. The minimum Gasteiger partial charge on any atom is -0.475 e. The van der Waals surface area contributed by atoms with Gasteiger partial charge in [-0.1, -0.05) is 37.8 Å². The molecule has 3 aromatic heterocycles. The van der Waals surface area contributed by atoms with Crippen LogP contribution in [0.25, 0.3) is 28.2 Å². The van der Waals surface area contributed by atoms with E-state index in [0.29, 0.717) is 33.9 Å². The van der Waals surface area contributed by atoms with Crippen LogP contribution in [0.1, 0.15) is 34.4 Å². The topological polar surface area (TPSA) is 177 Å². The summed E-state index contributed by atoms with van der Waals surface area (Å²) in [6.45, 7) is 6.61. The number of hydrogen-bond donors (Lipinski definition) is 4. The summed E-state index contributed by atoms with van der Waals surface area (Å²) in [5.74, 6) is -4.11. The zero-order valence-electron chi connectivity index (χ0n) is 29.1. The van der Waals surface area contributed by atoms with E-state index in [4.69, 9.17) is 14.9 Å². The molecule has 5 aromatic rings. The third-order valence-electron chi connectivity index (χ3n) is 7.82. The van der Waals surface area contributed by atoms with Crippen LogP contribution in [-0.4, -0.2) is 61.0 Å². The normalized spacial score (nSPS) is 11.3. The van der Waals surface area contributed by atoms with E-state index in [9.17, 15) is 45.5 Å². The van der Waals surface area contributed by atoms with Crippen molar-refractivity contribution < 1.29 is 50.6 Å². The first kappa shape index (κ1) is 41.0. The Labute approximate surface area is 307 Å². The summed E-state index contributed by atoms with van der Waals surface area (Å²) >= 11 is 0. The number of carboxylic acid groups (broad SMARTS) is 1. The van der Waals surface area contributed by atoms with E-state index < -0.39 is 47.2 Å². The van der Waals surface area contributed by atoms with Crippen LogP contribution >= 0.6 is 0 Å². The SMILES string of the molecule is C=CC(=O)Nc1ccccc1-c1c(C)nc2n(CC(=O)Nc3ccc(C(F)(F)F)cc3)c(CC)c(-c3ccc(C(=O)NC)nc3)c(=O)n12.O=C(O)C(F)(F)F. The van der Waals surface area contributed by atoms with Crippen molar-refractivity contribution in [3.8, 4) is 22.4 Å². The molecule has 0 atom stereocenters. The number of halogens is 6. The van der Waals surface area contributed by atoms with Gasteiger partial charge < -0.3 is 25.6 Å². The number of aromatic nitrogens is 4. The number of carbonyl (C=O) groups is 4. The number of para-hydroxylation sites is 1. The Hall–Kier alpha value is -6.79. The fourth-order valence-corrected chi connectivity index (χ4v) is 5.39. The molecule has 3 heterocycles. The Morgan fingerprint density at radius 3 is 2.11 bits per heavy atom. The summed E-state index contributed by atoms with van der Waals surface area (Å²) in [7, 11) is 1.47. The number of imidazole rings is 1. The first-order valence-corrected chi connectivity index (χ1v) is 16.0. The fraction of sp³-hybridized carbons (Fsp3) is 0.194. The average molecular weight is 772 g/mol. The fourth-order valence-electron chi connectivity index (χ4n) is 5.39. The largest absolute Gasteiger partial charge is 0.490 e. The molecule has 0 fully saturated rings. The van der Waals surface area contributed by atoms with Gasteiger partial charge in [-0.2, -0.15) is 26.3 Å². The van der Waals surface area contributed by atoms with Crippen molar-refractivity contribution in [1.82, 2.24) is 24.3 Å². The number of carboxylic acids is 1. The van der Waals surface area contributed by atoms with E-state index in [1.165, 1.54) is 23.7 Å². The van der Waals surface area contributed by atoms with E-state index in [1.807, 2.05) is 0 Å². The molecule has 2 aromatic carbocycles. The van der Waals surface area contributed by atoms with Gasteiger partial charge in [-0.3, -0.25) is 24.2 Å². The Morgan fingerprint density at radius 2 is 1.58 bits per heavy atom. The number of aryl methyl sites for hydroxylation is 1. The zero-order valence-corrected chi connectivity index (χ0v) is 29.1. The second-order valence-corrected chi connectivity index (χ2v) is 11.4. The first-order chi connectivity index (χ1) is 25.8. The van der Waals surface area contributed by atoms with E-state index >= 15 is 0 Å². The maximum absolute atomic E-state index is 14.5. The highest BCUT2D eigenvalue weighted by Gasteiger charge is 2.38. The van der Waals surface area contributed by atoms with Crippen LogP contribution < -0.4 is 21.5 Å². The molecule has 0 spiro atoms. The monoisotopic (exact) mass is 771 g/mol. The second kappa shape index (κ2) is 16.5. The summed E-state index contributed by atoms with van der Waals surface area (Å²) < 4.78 is 73.9. The predicted octanol–water partition coefficient (Wildman–Crippen LogP) is 5.87. The van der Waals surface area contributed by atoms with Crippen molar-refractivity contribution in [1.29, 1.82) is 0 Å². The third-order valence-corrected chi connectivity index (χ3v) is 7.82. The molecule has 0 radical (unpaired) electrons. The maximum Gasteiger partial charge on any atom is 0.490 e. The Morgan fingerprint density at radius 1 is 0.945 bits per heavy atom. The lowest BCUT2D eigenvalue weighted by molar-refractivity contribution is -0.192. The predicted molar refractivity (Wildman–Crippen MR) is 188 cm³/mol. The van der Waals surface area contributed by atoms with Gasteiger partial charge in [-0.05, 0) is 55.8 Å². The second-order valence-electron chi connectivity index (χ2n) is 11.4. The van der Waals surface area contributed by atoms with Crippen molar-refractivity contribution in [2.24, 2.45) is 0 Å². The maximum atomic E-state index is 14.5. The molecule has 0 unspecified atom stereocenters. The standard InChI is InChI=1S/C34H30F3N7O4.C2HF3O2/c1-5-26-29(20-11-16-25(39-17-20)31(47)38-4)32(48)44-30(23-9-7-8-10-24(23)42-27(45)6-2)19(3)40-33(44)43(26)18-28(46)41-22-14-12-21(13-15-22)34(35,36)37;3-2(4,5)1(6)7/h6-17H,2,5,18H2,1,3-4H3,(H,38,47)(H,41,46)(H,42,45);(H,6,7). The van der Waals surface area contributed by atoms with Gasteiger partial charge >= 0.3 is 18.3 Å². The average Bonchev–Trinajstić information content (AvgIpc) is 3.49. The number of pyridine rings is 1. The van der Waals surface area contributed by atoms with Gasteiger partial charge in [0.1, 0.15) is 12.2 Å². The van der Waals surface area contributed by atoms with Gasteiger partial charge in [0.05, 0.1) is 28.2 Å². The van der Waals surface area contributed by atoms with Crippen molar-refractivity contribution in [2.45, 2.75) is 39.2 Å². The molecular weight excluding hydrogens is 740 g/mol.